The Kier molecular flexibility index (Phi) is 2.93. The van der Waals surface area contributed by atoms with Gasteiger partial charge in [-0.25, -0.2) is 0 Å². The molecule has 2 rings (SSSR count). The zero-order valence-corrected chi connectivity index (χ0v) is 9.76. The van der Waals surface area contributed by atoms with Crippen LogP contribution in [-0.2, 0) is 0 Å². The molecule has 1 heterocycles. The molecular formula is C13H4N4O3. The van der Waals surface area contributed by atoms with E-state index in [4.69, 9.17) is 15.8 Å². The zero-order valence-electron chi connectivity index (χ0n) is 9.76. The van der Waals surface area contributed by atoms with E-state index >= 15 is 0 Å². The summed E-state index contributed by atoms with van der Waals surface area (Å²) in [6.45, 7) is 0. The van der Waals surface area contributed by atoms with Crippen LogP contribution in [0.15, 0.2) is 21.7 Å². The average molecular weight is 264 g/mol. The molecule has 7 nitrogen and oxygen atoms in total. The van der Waals surface area contributed by atoms with Crippen LogP contribution in [0.4, 0.5) is 0 Å². The first-order chi connectivity index (χ1) is 9.53. The number of aromatic amines is 1. The summed E-state index contributed by atoms with van der Waals surface area (Å²) in [5, 5.41) is 36.8. The number of aromatic nitrogens is 1. The number of nitrogens with one attached hydrogen (secondary N) is 1. The molecule has 7 heteroatoms. The van der Waals surface area contributed by atoms with Crippen LogP contribution < -0.4 is 11.0 Å². The van der Waals surface area contributed by atoms with Crippen molar-refractivity contribution in [3.8, 4) is 24.0 Å². The van der Waals surface area contributed by atoms with Gasteiger partial charge >= 0.3 is 0 Å². The van der Waals surface area contributed by atoms with Crippen molar-refractivity contribution in [2.75, 3.05) is 0 Å². The summed E-state index contributed by atoms with van der Waals surface area (Å²) in [6, 6.07) is 6.94. The lowest BCUT2D eigenvalue weighted by atomic mass is 9.99. The van der Waals surface area contributed by atoms with Gasteiger partial charge in [-0.3, -0.25) is 9.59 Å². The summed E-state index contributed by atoms with van der Waals surface area (Å²) >= 11 is 0. The molecule has 0 bridgehead atoms. The Labute approximate surface area is 111 Å². The van der Waals surface area contributed by atoms with Crippen molar-refractivity contribution < 1.29 is 5.11 Å². The molecule has 0 radical (unpaired) electrons. The highest BCUT2D eigenvalue weighted by atomic mass is 16.3. The van der Waals surface area contributed by atoms with E-state index in [-0.39, 0.29) is 27.6 Å². The lowest BCUT2D eigenvalue weighted by molar-refractivity contribution is 0.481. The van der Waals surface area contributed by atoms with Gasteiger partial charge in [-0.1, -0.05) is 0 Å². The third-order valence-electron chi connectivity index (χ3n) is 2.68. The van der Waals surface area contributed by atoms with Crippen molar-refractivity contribution in [2.24, 2.45) is 0 Å². The summed E-state index contributed by atoms with van der Waals surface area (Å²) in [4.78, 5) is 25.0. The molecule has 1 aromatic carbocycles. The van der Waals surface area contributed by atoms with Crippen molar-refractivity contribution in [3.05, 3.63) is 49.4 Å². The van der Waals surface area contributed by atoms with Crippen LogP contribution in [0.5, 0.6) is 5.75 Å². The van der Waals surface area contributed by atoms with Crippen molar-refractivity contribution in [2.45, 2.75) is 0 Å². The maximum absolute atomic E-state index is 11.5. The summed E-state index contributed by atoms with van der Waals surface area (Å²) < 4.78 is 0. The number of benzene rings is 1. The highest BCUT2D eigenvalue weighted by Crippen LogP contribution is 2.27. The molecule has 0 aliphatic carbocycles. The van der Waals surface area contributed by atoms with Gasteiger partial charge in [0.15, 0.2) is 0 Å². The first-order valence-corrected chi connectivity index (χ1v) is 5.21. The van der Waals surface area contributed by atoms with Crippen molar-refractivity contribution in [1.29, 1.82) is 15.8 Å². The Morgan fingerprint density at radius 3 is 2.20 bits per heavy atom. The van der Waals surface area contributed by atoms with Gasteiger partial charge in [-0.2, -0.15) is 15.8 Å². The van der Waals surface area contributed by atoms with Crippen molar-refractivity contribution in [1.82, 2.24) is 4.98 Å². The van der Waals surface area contributed by atoms with Crippen LogP contribution in [0.1, 0.15) is 16.7 Å². The second kappa shape index (κ2) is 4.56. The van der Waals surface area contributed by atoms with E-state index in [0.29, 0.717) is 6.07 Å². The molecule has 0 fully saturated rings. The van der Waals surface area contributed by atoms with Gasteiger partial charge in [0.1, 0.15) is 24.0 Å². The first-order valence-electron chi connectivity index (χ1n) is 5.21. The Hall–Kier alpha value is -3.63. The minimum atomic E-state index is -1.04. The van der Waals surface area contributed by atoms with Crippen LogP contribution in [0.25, 0.3) is 10.9 Å². The van der Waals surface area contributed by atoms with E-state index in [9.17, 15) is 14.7 Å². The molecule has 0 saturated heterocycles. The number of nitrogens with zero attached hydrogens (tertiary/aromatic N) is 3. The summed E-state index contributed by atoms with van der Waals surface area (Å²) in [5.41, 5.74) is -2.83. The number of aromatic hydroxyl groups is 1. The van der Waals surface area contributed by atoms with E-state index in [1.54, 1.807) is 18.2 Å². The Bertz CT molecular complexity index is 984. The van der Waals surface area contributed by atoms with E-state index in [1.807, 2.05) is 0 Å². The third kappa shape index (κ3) is 1.74. The predicted molar refractivity (Wildman–Crippen MR) is 66.6 cm³/mol. The lowest BCUT2D eigenvalue weighted by Gasteiger charge is -2.02. The fraction of sp³-hybridized carbons (Fsp3) is 0. The Morgan fingerprint density at radius 2 is 1.65 bits per heavy atom. The molecule has 0 aliphatic heterocycles. The largest absolute Gasteiger partial charge is 0.507 e. The average Bonchev–Trinajstić information content (AvgIpc) is 2.54. The maximum Gasteiger partial charge on any atom is 0.296 e. The number of H-pyrrole nitrogens is 1. The van der Waals surface area contributed by atoms with Crippen LogP contribution in [0.2, 0.25) is 0 Å². The van der Waals surface area contributed by atoms with Gasteiger partial charge in [-0.15, -0.1) is 0 Å². The van der Waals surface area contributed by atoms with Crippen LogP contribution in [-0.4, -0.2) is 10.1 Å². The SMILES string of the molecule is N#Cc1cc2c(O)cc(=O)c(=O)[nH]c2c(C#N)c1C#N. The summed E-state index contributed by atoms with van der Waals surface area (Å²) in [5.74, 6) is -0.555. The van der Waals surface area contributed by atoms with Gasteiger partial charge in [0.2, 0.25) is 5.43 Å². The monoisotopic (exact) mass is 264 g/mol. The number of nitriles is 3. The van der Waals surface area contributed by atoms with Gasteiger partial charge in [-0.05, 0) is 6.07 Å². The second-order valence-corrected chi connectivity index (χ2v) is 3.78. The number of hydrogen-bond acceptors (Lipinski definition) is 6. The minimum absolute atomic E-state index is 0.0590. The third-order valence-corrected chi connectivity index (χ3v) is 2.68. The fourth-order valence-corrected chi connectivity index (χ4v) is 1.77. The van der Waals surface area contributed by atoms with Crippen LogP contribution in [0.3, 0.4) is 0 Å². The highest BCUT2D eigenvalue weighted by Gasteiger charge is 2.16. The molecule has 20 heavy (non-hydrogen) atoms. The molecule has 0 unspecified atom stereocenters. The minimum Gasteiger partial charge on any atom is -0.507 e. The highest BCUT2D eigenvalue weighted by molar-refractivity contribution is 5.92. The molecule has 2 N–H and O–H groups in total. The second-order valence-electron chi connectivity index (χ2n) is 3.78. The molecule has 0 atom stereocenters. The van der Waals surface area contributed by atoms with Crippen LogP contribution >= 0.6 is 0 Å². The van der Waals surface area contributed by atoms with Gasteiger partial charge in [0.05, 0.1) is 22.2 Å². The molecule has 1 aromatic heterocycles. The molecule has 0 saturated carbocycles. The molecule has 94 valence electrons. The number of fused-ring (bicyclic) bond motifs is 1. The Balaban J connectivity index is 3.29. The molecule has 2 aromatic rings. The van der Waals surface area contributed by atoms with E-state index < -0.39 is 16.7 Å². The van der Waals surface area contributed by atoms with E-state index in [2.05, 4.69) is 4.98 Å². The van der Waals surface area contributed by atoms with Crippen LogP contribution in [0, 0.1) is 34.0 Å². The van der Waals surface area contributed by atoms with Crippen molar-refractivity contribution in [3.63, 3.8) is 0 Å². The van der Waals surface area contributed by atoms with E-state index in [0.717, 1.165) is 6.07 Å². The van der Waals surface area contributed by atoms with Crippen molar-refractivity contribution >= 4 is 10.9 Å². The zero-order chi connectivity index (χ0) is 14.9. The number of rotatable bonds is 0. The molecular weight excluding hydrogens is 260 g/mol. The van der Waals surface area contributed by atoms with E-state index in [1.165, 1.54) is 0 Å². The number of hydrogen-bond donors (Lipinski definition) is 2. The normalized spacial score (nSPS) is 9.45. The molecule has 0 spiro atoms. The molecule has 0 amide bonds. The predicted octanol–water partition coefficient (Wildman–Crippen LogP) is 0.209. The first kappa shape index (κ1) is 12.8. The molecule has 0 aliphatic rings. The lowest BCUT2D eigenvalue weighted by Crippen LogP contribution is -2.22. The topological polar surface area (TPSA) is 142 Å². The quantitative estimate of drug-likeness (QED) is 0.651. The standard InChI is InChI=1S/C13H4N4O3/c14-3-6-1-7-10(18)2-11(19)13(20)17-12(7)9(5-16)8(6)4-15/h1-2,18H,(H,17,19,20). The maximum atomic E-state index is 11.5. The summed E-state index contributed by atoms with van der Waals surface area (Å²) in [7, 11) is 0. The van der Waals surface area contributed by atoms with Gasteiger partial charge < -0.3 is 10.1 Å². The smallest absolute Gasteiger partial charge is 0.296 e. The fourth-order valence-electron chi connectivity index (χ4n) is 1.77. The Morgan fingerprint density at radius 1 is 1.00 bits per heavy atom. The van der Waals surface area contributed by atoms with Gasteiger partial charge in [0, 0.05) is 11.5 Å². The van der Waals surface area contributed by atoms with Gasteiger partial charge in [0.25, 0.3) is 5.56 Å². The summed E-state index contributed by atoms with van der Waals surface area (Å²) in [6.07, 6.45) is 0.